The molecule has 8 aromatic rings. The molecular weight excluding hydrogens is 1730 g/mol. The molecule has 0 unspecified atom stereocenters. The molecule has 1 saturated heterocycles. The second-order valence-electron chi connectivity index (χ2n) is 29.5. The van der Waals surface area contributed by atoms with Crippen LogP contribution in [0.2, 0.25) is 0 Å². The van der Waals surface area contributed by atoms with E-state index in [4.69, 9.17) is 24.8 Å². The van der Waals surface area contributed by atoms with Gasteiger partial charge in [0.2, 0.25) is 0 Å². The summed E-state index contributed by atoms with van der Waals surface area (Å²) in [6, 6.07) is 3.22. The van der Waals surface area contributed by atoms with Crippen molar-refractivity contribution in [3.8, 4) is 0 Å². The Labute approximate surface area is 647 Å². The summed E-state index contributed by atoms with van der Waals surface area (Å²) in [6.07, 6.45) is -46.1. The first-order chi connectivity index (χ1) is 50.1. The molecule has 4 heterocycles. The third kappa shape index (κ3) is 25.0. The van der Waals surface area contributed by atoms with Gasteiger partial charge >= 0.3 is 93.1 Å². The van der Waals surface area contributed by atoms with Gasteiger partial charge in [0.25, 0.3) is 0 Å². The molecule has 3 aromatic heterocycles. The number of rotatable bonds is 11. The van der Waals surface area contributed by atoms with Crippen LogP contribution in [0.15, 0.2) is 139 Å². The fourth-order valence-electron chi connectivity index (χ4n) is 11.1. The van der Waals surface area contributed by atoms with Gasteiger partial charge < -0.3 is 23.3 Å². The van der Waals surface area contributed by atoms with E-state index >= 15 is 0 Å². The van der Waals surface area contributed by atoms with Gasteiger partial charge in [-0.1, -0.05) is 123 Å². The van der Waals surface area contributed by atoms with Crippen LogP contribution in [0.1, 0.15) is 171 Å². The van der Waals surface area contributed by atoms with Gasteiger partial charge in [-0.3, -0.25) is 0 Å². The van der Waals surface area contributed by atoms with E-state index in [0.29, 0.717) is 0 Å². The molecule has 1 fully saturated rings. The van der Waals surface area contributed by atoms with Crippen molar-refractivity contribution in [2.24, 2.45) is 0 Å². The van der Waals surface area contributed by atoms with E-state index in [1.54, 1.807) is 20.8 Å². The minimum absolute atomic E-state index is 0. The van der Waals surface area contributed by atoms with E-state index in [1.807, 2.05) is 27.6 Å². The number of ether oxygens (including phenoxy) is 2. The average molecular weight is 1810 g/mol. The zero-order valence-electron chi connectivity index (χ0n) is 62.1. The number of aromatic nitrogens is 6. The van der Waals surface area contributed by atoms with Gasteiger partial charge in [-0.15, -0.1) is 0 Å². The Morgan fingerprint density at radius 2 is 0.634 bits per heavy atom. The predicted molar refractivity (Wildman–Crippen MR) is 376 cm³/mol. The fourth-order valence-corrected chi connectivity index (χ4v) is 14.8. The molecule has 0 N–H and O–H groups in total. The quantitative estimate of drug-likeness (QED) is 0.0703. The summed E-state index contributed by atoms with van der Waals surface area (Å²) in [7, 11) is -4.96. The number of halogens is 25. The number of benzene rings is 5. The minimum atomic E-state index is -6.13. The first kappa shape index (κ1) is 97.3. The first-order valence-corrected chi connectivity index (χ1v) is 37.7. The molecule has 0 saturated carbocycles. The van der Waals surface area contributed by atoms with Gasteiger partial charge in [-0.2, -0.15) is 127 Å². The van der Waals surface area contributed by atoms with Crippen LogP contribution in [-0.2, 0) is 108 Å². The molecular formula is C71H77B2CoF24IN6O6S. The largest absolute Gasteiger partial charge is 2.00 e. The Morgan fingerprint density at radius 1 is 0.402 bits per heavy atom. The number of hydrogen-bond acceptors (Lipinski definition) is 9. The Balaban J connectivity index is 0.000000391. The van der Waals surface area contributed by atoms with Crippen molar-refractivity contribution < 1.29 is 146 Å². The second kappa shape index (κ2) is 35.5. The number of sulfone groups is 1. The van der Waals surface area contributed by atoms with E-state index < -0.39 is 236 Å². The molecule has 623 valence electrons. The number of hydrogen-bond donors (Lipinski definition) is 0. The van der Waals surface area contributed by atoms with Crippen molar-refractivity contribution in [2.45, 2.75) is 185 Å². The molecule has 0 amide bonds. The normalized spacial score (nSPS) is 14.0. The Bertz CT molecular complexity index is 4100. The monoisotopic (exact) mass is 1810 g/mol. The zero-order valence-corrected chi connectivity index (χ0v) is 66.1. The molecule has 112 heavy (non-hydrogen) atoms. The van der Waals surface area contributed by atoms with Crippen molar-refractivity contribution in [1.82, 2.24) is 29.1 Å². The summed E-state index contributed by atoms with van der Waals surface area (Å²) >= 11 is -3.79. The van der Waals surface area contributed by atoms with E-state index in [2.05, 4.69) is 99.1 Å². The van der Waals surface area contributed by atoms with Crippen LogP contribution in [0.5, 0.6) is 0 Å². The van der Waals surface area contributed by atoms with E-state index in [1.165, 1.54) is 37.1 Å². The summed E-state index contributed by atoms with van der Waals surface area (Å²) < 4.78 is 402. The van der Waals surface area contributed by atoms with Gasteiger partial charge in [0.05, 0.1) is 74.8 Å². The van der Waals surface area contributed by atoms with Gasteiger partial charge in [-0.05, 0) is 121 Å². The molecule has 0 spiro atoms. The molecule has 1 aliphatic heterocycles. The fraction of sp³-hybridized carbons (Fsp3) is 0.451. The van der Waals surface area contributed by atoms with Crippen LogP contribution in [0, 0.1) is 3.57 Å². The Hall–Kier alpha value is -7.11. The van der Waals surface area contributed by atoms with Crippen LogP contribution in [0.4, 0.5) is 105 Å². The standard InChI is InChI=1S/C32H12BF24.C21H34BN6.C10H13IO4S.C4H8O.C4H10O.Co/c34-25(35,36)13-1-14(26(37,38)39)6-21(5-13)33(22-7-15(27(40,41)42)2-16(8-22)28(43,44)45,23-9-17(29(46,47)48)3-18(10-23)30(49,50)51)24-11-19(31(52,53)54)4-20(12-24)32(55,56)57;1-19(2,3)16-10-13-26(23-16)22(27-14-11-17(24-27)20(4,5)6)28-15-12-18(25-28)21(7,8)9;1-10(2,3)16(14,15)9-7-5-4-6-8(9)11(12)13;1-2-4-5-3-1;1-3-5-4-2;/h1-12H;10-15,22H,1-9H3;4-7H,1-3H3;1-4H2;3-4H2,1-2H3;/q2*-1;;;;+2. The maximum atomic E-state index is 14.2. The topological polar surface area (TPSA) is 140 Å². The average Bonchev–Trinajstić information content (AvgIpc) is 0.856. The van der Waals surface area contributed by atoms with Crippen molar-refractivity contribution in [1.29, 1.82) is 0 Å². The molecule has 5 aromatic carbocycles. The predicted octanol–water partition coefficient (Wildman–Crippen LogP) is 19.5. The molecule has 0 bridgehead atoms. The van der Waals surface area contributed by atoms with E-state index in [9.17, 15) is 120 Å². The van der Waals surface area contributed by atoms with Crippen LogP contribution < -0.4 is 21.9 Å². The van der Waals surface area contributed by atoms with Gasteiger partial charge in [0, 0.05) is 42.7 Å². The minimum Gasteiger partial charge on any atom is -0.403 e. The molecule has 1 radical (unpaired) electrons. The van der Waals surface area contributed by atoms with Gasteiger partial charge in [0.1, 0.15) is 6.15 Å². The molecule has 41 heteroatoms. The van der Waals surface area contributed by atoms with Gasteiger partial charge in [0.15, 0.2) is 9.84 Å². The van der Waals surface area contributed by atoms with Crippen molar-refractivity contribution in [3.05, 3.63) is 199 Å². The first-order valence-electron chi connectivity index (χ1n) is 33.4. The zero-order chi connectivity index (χ0) is 85.0. The maximum Gasteiger partial charge on any atom is 2.00 e. The summed E-state index contributed by atoms with van der Waals surface area (Å²) in [5, 5.41) is 14.7. The molecule has 0 atom stereocenters. The second-order valence-corrected chi connectivity index (χ2v) is 34.6. The maximum absolute atomic E-state index is 14.2. The van der Waals surface area contributed by atoms with Crippen LogP contribution >= 0.6 is 19.8 Å². The summed E-state index contributed by atoms with van der Waals surface area (Å²) in [5.74, 6) is 0. The Morgan fingerprint density at radius 3 is 0.795 bits per heavy atom. The molecule has 12 nitrogen and oxygen atoms in total. The third-order valence-electron chi connectivity index (χ3n) is 16.9. The van der Waals surface area contributed by atoms with Gasteiger partial charge in [-0.25, -0.2) is 29.9 Å². The molecule has 0 aliphatic carbocycles. The number of alkyl halides is 24. The van der Waals surface area contributed by atoms with E-state index in [-0.39, 0.29) is 41.5 Å². The summed E-state index contributed by atoms with van der Waals surface area (Å²) in [5.41, 5.74) is -27.0. The summed E-state index contributed by atoms with van der Waals surface area (Å²) in [6.45, 7) is 31.9. The SMILES string of the molecule is C1CCOC1.CC(C)(C)S(=O)(=O)c1ccccc1I(=O)=O.CC(C)(C)c1ccn([BH-](n2ccc(C(C)(C)C)n2)n2ccc(C(C)(C)C)n2)n1.CCOCC.FC(F)(F)c1cc([B-](c2cc(C(F)(F)F)cc(C(F)(F)F)c2)(c2cc(C(F)(F)F)cc(C(F)(F)F)c2)c2cc(C(F)(F)F)cc(C(F)(F)F)c2)cc(C(F)(F)F)c1.[Co+2]. The van der Waals surface area contributed by atoms with E-state index in [0.717, 1.165) is 43.5 Å². The molecule has 1 aliphatic rings. The van der Waals surface area contributed by atoms with Crippen molar-refractivity contribution in [3.63, 3.8) is 0 Å². The third-order valence-corrected chi connectivity index (χ3v) is 21.7. The number of nitrogens with zero attached hydrogens (tertiary/aromatic N) is 6. The smallest absolute Gasteiger partial charge is 0.403 e. The van der Waals surface area contributed by atoms with Crippen LogP contribution in [0.25, 0.3) is 0 Å². The molecule has 9 rings (SSSR count). The van der Waals surface area contributed by atoms with Crippen molar-refractivity contribution in [2.75, 3.05) is 26.4 Å². The van der Waals surface area contributed by atoms with Crippen LogP contribution in [-0.4, -0.2) is 81.9 Å². The Kier molecular flexibility index (Phi) is 30.9. The summed E-state index contributed by atoms with van der Waals surface area (Å²) in [4.78, 5) is -0.0855. The van der Waals surface area contributed by atoms with Crippen molar-refractivity contribution >= 4 is 64.7 Å². The van der Waals surface area contributed by atoms with Crippen LogP contribution in [0.3, 0.4) is 0 Å².